The highest BCUT2D eigenvalue weighted by Gasteiger charge is 2.12. The van der Waals surface area contributed by atoms with Crippen molar-refractivity contribution >= 4 is 17.6 Å². The average molecular weight is 411 g/mol. The van der Waals surface area contributed by atoms with Crippen molar-refractivity contribution < 1.29 is 23.5 Å². The van der Waals surface area contributed by atoms with Gasteiger partial charge in [0, 0.05) is 23.4 Å². The summed E-state index contributed by atoms with van der Waals surface area (Å²) in [4.78, 5) is 35.8. The number of carbonyl (C=O) groups excluding carboxylic acids is 2. The molecule has 30 heavy (non-hydrogen) atoms. The fraction of sp³-hybridized carbons (Fsp3) is 0.143. The molecular formula is C21H18FN3O5. The Morgan fingerprint density at radius 3 is 2.43 bits per heavy atom. The number of rotatable bonds is 6. The first kappa shape index (κ1) is 20.7. The van der Waals surface area contributed by atoms with Crippen molar-refractivity contribution in [2.24, 2.45) is 0 Å². The van der Waals surface area contributed by atoms with Gasteiger partial charge in [-0.15, -0.1) is 0 Å². The summed E-state index contributed by atoms with van der Waals surface area (Å²) in [7, 11) is 2.70. The third kappa shape index (κ3) is 4.69. The molecule has 0 saturated heterocycles. The molecule has 1 amide bonds. The molecule has 0 radical (unpaired) electrons. The van der Waals surface area contributed by atoms with Crippen LogP contribution >= 0.6 is 0 Å². The van der Waals surface area contributed by atoms with Gasteiger partial charge in [0.1, 0.15) is 18.1 Å². The molecule has 9 heteroatoms. The van der Waals surface area contributed by atoms with Gasteiger partial charge >= 0.3 is 5.97 Å². The predicted octanol–water partition coefficient (Wildman–Crippen LogP) is 2.48. The third-order valence-corrected chi connectivity index (χ3v) is 4.20. The zero-order valence-electron chi connectivity index (χ0n) is 16.2. The predicted molar refractivity (Wildman–Crippen MR) is 107 cm³/mol. The Hall–Kier alpha value is -4.01. The highest BCUT2D eigenvalue weighted by atomic mass is 19.1. The Bertz CT molecular complexity index is 1140. The molecule has 1 heterocycles. The average Bonchev–Trinajstić information content (AvgIpc) is 2.75. The number of aromatic nitrogens is 2. The number of ether oxygens (including phenoxy) is 2. The quantitative estimate of drug-likeness (QED) is 0.626. The van der Waals surface area contributed by atoms with E-state index in [0.29, 0.717) is 17.0 Å². The Morgan fingerprint density at radius 1 is 1.07 bits per heavy atom. The zero-order chi connectivity index (χ0) is 21.7. The third-order valence-electron chi connectivity index (χ3n) is 4.20. The van der Waals surface area contributed by atoms with Crippen LogP contribution < -0.4 is 15.6 Å². The first-order valence-electron chi connectivity index (χ1n) is 8.81. The van der Waals surface area contributed by atoms with Gasteiger partial charge in [0.25, 0.3) is 5.56 Å². The fourth-order valence-corrected chi connectivity index (χ4v) is 2.68. The minimum absolute atomic E-state index is 0.170. The molecule has 0 spiro atoms. The van der Waals surface area contributed by atoms with E-state index in [2.05, 4.69) is 15.2 Å². The van der Waals surface area contributed by atoms with Crippen LogP contribution in [0, 0.1) is 5.82 Å². The number of amides is 1. The molecular weight excluding hydrogens is 393 g/mol. The van der Waals surface area contributed by atoms with Crippen LogP contribution in [-0.4, -0.2) is 35.9 Å². The fourth-order valence-electron chi connectivity index (χ4n) is 2.68. The van der Waals surface area contributed by atoms with E-state index in [9.17, 15) is 18.8 Å². The summed E-state index contributed by atoms with van der Waals surface area (Å²) < 4.78 is 24.8. The Balaban J connectivity index is 1.76. The molecule has 1 N–H and O–H groups in total. The number of methoxy groups -OCH3 is 2. The molecule has 0 saturated carbocycles. The monoisotopic (exact) mass is 411 g/mol. The summed E-state index contributed by atoms with van der Waals surface area (Å²) in [6.45, 7) is -0.372. The lowest BCUT2D eigenvalue weighted by atomic mass is 10.1. The minimum atomic E-state index is -0.567. The SMILES string of the molecule is COC(=O)c1ccc(NC(=O)Cn2nc(-c3ccc(OC)cc3F)ccc2=O)cc1. The number of halogens is 1. The van der Waals surface area contributed by atoms with Gasteiger partial charge in [0.05, 0.1) is 25.5 Å². The van der Waals surface area contributed by atoms with Gasteiger partial charge in [-0.1, -0.05) is 0 Å². The van der Waals surface area contributed by atoms with E-state index in [-0.39, 0.29) is 17.8 Å². The van der Waals surface area contributed by atoms with Gasteiger partial charge < -0.3 is 14.8 Å². The van der Waals surface area contributed by atoms with E-state index in [0.717, 1.165) is 4.68 Å². The molecule has 2 aromatic carbocycles. The number of nitrogens with zero attached hydrogens (tertiary/aromatic N) is 2. The molecule has 154 valence electrons. The van der Waals surface area contributed by atoms with Crippen LogP contribution in [0.5, 0.6) is 5.75 Å². The number of benzene rings is 2. The number of hydrogen-bond acceptors (Lipinski definition) is 6. The molecule has 3 aromatic rings. The van der Waals surface area contributed by atoms with Crippen LogP contribution in [0.3, 0.4) is 0 Å². The number of esters is 1. The van der Waals surface area contributed by atoms with Crippen molar-refractivity contribution in [2.45, 2.75) is 6.54 Å². The lowest BCUT2D eigenvalue weighted by Crippen LogP contribution is -2.29. The molecule has 8 nitrogen and oxygen atoms in total. The van der Waals surface area contributed by atoms with Crippen LogP contribution in [0.2, 0.25) is 0 Å². The van der Waals surface area contributed by atoms with E-state index < -0.39 is 23.3 Å². The molecule has 0 atom stereocenters. The number of anilines is 1. The summed E-state index contributed by atoms with van der Waals surface area (Å²) in [6.07, 6.45) is 0. The molecule has 0 fully saturated rings. The number of nitrogens with one attached hydrogen (secondary N) is 1. The smallest absolute Gasteiger partial charge is 0.337 e. The van der Waals surface area contributed by atoms with Crippen molar-refractivity contribution in [1.82, 2.24) is 9.78 Å². The van der Waals surface area contributed by atoms with Gasteiger partial charge in [-0.25, -0.2) is 13.9 Å². The summed E-state index contributed by atoms with van der Waals surface area (Å²) in [6, 6.07) is 12.9. The summed E-state index contributed by atoms with van der Waals surface area (Å²) in [5, 5.41) is 6.70. The normalized spacial score (nSPS) is 10.4. The summed E-state index contributed by atoms with van der Waals surface area (Å²) in [5.74, 6) is -1.22. The van der Waals surface area contributed by atoms with Crippen LogP contribution in [0.1, 0.15) is 10.4 Å². The Labute approximate surface area is 170 Å². The van der Waals surface area contributed by atoms with Crippen molar-refractivity contribution in [3.63, 3.8) is 0 Å². The first-order chi connectivity index (χ1) is 14.4. The lowest BCUT2D eigenvalue weighted by molar-refractivity contribution is -0.117. The van der Waals surface area contributed by atoms with Crippen LogP contribution in [0.4, 0.5) is 10.1 Å². The second-order valence-corrected chi connectivity index (χ2v) is 6.18. The van der Waals surface area contributed by atoms with E-state index in [4.69, 9.17) is 4.74 Å². The van der Waals surface area contributed by atoms with Gasteiger partial charge in [0.15, 0.2) is 0 Å². The molecule has 0 unspecified atom stereocenters. The van der Waals surface area contributed by atoms with Crippen LogP contribution in [0.25, 0.3) is 11.3 Å². The topological polar surface area (TPSA) is 99.5 Å². The van der Waals surface area contributed by atoms with E-state index in [1.807, 2.05) is 0 Å². The summed E-state index contributed by atoms with van der Waals surface area (Å²) >= 11 is 0. The van der Waals surface area contributed by atoms with E-state index in [1.165, 1.54) is 62.8 Å². The maximum Gasteiger partial charge on any atom is 0.337 e. The van der Waals surface area contributed by atoms with E-state index >= 15 is 0 Å². The first-order valence-corrected chi connectivity index (χ1v) is 8.81. The van der Waals surface area contributed by atoms with Crippen molar-refractivity contribution in [2.75, 3.05) is 19.5 Å². The maximum absolute atomic E-state index is 14.3. The molecule has 0 aliphatic carbocycles. The standard InChI is InChI=1S/C21H18FN3O5/c1-29-15-7-8-16(17(22)11-15)18-9-10-20(27)25(24-18)12-19(26)23-14-5-3-13(4-6-14)21(28)30-2/h3-11H,12H2,1-2H3,(H,23,26). The molecule has 0 aliphatic heterocycles. The van der Waals surface area contributed by atoms with Crippen molar-refractivity contribution in [1.29, 1.82) is 0 Å². The van der Waals surface area contributed by atoms with Crippen LogP contribution in [0.15, 0.2) is 59.4 Å². The molecule has 0 aliphatic rings. The Morgan fingerprint density at radius 2 is 1.80 bits per heavy atom. The van der Waals surface area contributed by atoms with Gasteiger partial charge in [-0.2, -0.15) is 5.10 Å². The Kier molecular flexibility index (Phi) is 6.21. The molecule has 0 bridgehead atoms. The van der Waals surface area contributed by atoms with E-state index in [1.54, 1.807) is 6.07 Å². The van der Waals surface area contributed by atoms with Gasteiger partial charge in [0.2, 0.25) is 5.91 Å². The van der Waals surface area contributed by atoms with Gasteiger partial charge in [-0.3, -0.25) is 9.59 Å². The zero-order valence-corrected chi connectivity index (χ0v) is 16.2. The van der Waals surface area contributed by atoms with Gasteiger partial charge in [-0.05, 0) is 42.5 Å². The number of carbonyl (C=O) groups is 2. The minimum Gasteiger partial charge on any atom is -0.497 e. The molecule has 1 aromatic heterocycles. The number of hydrogen-bond donors (Lipinski definition) is 1. The molecule has 3 rings (SSSR count). The van der Waals surface area contributed by atoms with Crippen LogP contribution in [-0.2, 0) is 16.1 Å². The lowest BCUT2D eigenvalue weighted by Gasteiger charge is -2.10. The summed E-state index contributed by atoms with van der Waals surface area (Å²) in [5.41, 5.74) is 0.623. The second-order valence-electron chi connectivity index (χ2n) is 6.18. The van der Waals surface area contributed by atoms with Crippen molar-refractivity contribution in [3.05, 3.63) is 76.3 Å². The van der Waals surface area contributed by atoms with Crippen molar-refractivity contribution in [3.8, 4) is 17.0 Å². The largest absolute Gasteiger partial charge is 0.497 e. The second kappa shape index (κ2) is 8.99. The maximum atomic E-state index is 14.3. The highest BCUT2D eigenvalue weighted by Crippen LogP contribution is 2.24. The highest BCUT2D eigenvalue weighted by molar-refractivity contribution is 5.92.